The van der Waals surface area contributed by atoms with E-state index in [1.807, 2.05) is 75.4 Å². The number of halogens is 3. The van der Waals surface area contributed by atoms with Gasteiger partial charge in [0.1, 0.15) is 17.3 Å². The maximum absolute atomic E-state index is 13.7. The van der Waals surface area contributed by atoms with E-state index in [0.717, 1.165) is 36.5 Å². The monoisotopic (exact) mass is 899 g/mol. The second kappa shape index (κ2) is 19.1. The van der Waals surface area contributed by atoms with Crippen LogP contribution in [0.5, 0.6) is 17.4 Å². The molecule has 1 aliphatic rings. The quantitative estimate of drug-likeness (QED) is 0.0768. The molecule has 2 aromatic heterocycles. The summed E-state index contributed by atoms with van der Waals surface area (Å²) in [5, 5.41) is 17.6. The molecule has 6 aromatic rings. The molecule has 3 amide bonds. The van der Waals surface area contributed by atoms with Crippen LogP contribution < -0.4 is 30.7 Å². The van der Waals surface area contributed by atoms with Crippen LogP contribution in [0.3, 0.4) is 0 Å². The Morgan fingerprint density at radius 2 is 1.66 bits per heavy atom. The molecule has 0 spiro atoms. The summed E-state index contributed by atoms with van der Waals surface area (Å²) in [7, 11) is -2.35. The molecular weight excluding hydrogens is 851 g/mol. The smallest absolute Gasteiger partial charge is 0.438 e. The normalized spacial score (nSPS) is 13.6. The van der Waals surface area contributed by atoms with Crippen molar-refractivity contribution >= 4 is 53.0 Å². The number of morpholine rings is 1. The molecule has 0 saturated carbocycles. The van der Waals surface area contributed by atoms with Crippen LogP contribution in [-0.2, 0) is 20.9 Å². The Bertz CT molecular complexity index is 2690. The summed E-state index contributed by atoms with van der Waals surface area (Å²) in [5.74, 6) is -0.307. The number of hydrogen-bond acceptors (Lipinski definition) is 11. The maximum Gasteiger partial charge on any atom is 0.573 e. The number of fused-ring (bicyclic) bond motifs is 1. The summed E-state index contributed by atoms with van der Waals surface area (Å²) < 4.78 is 70.0. The number of amides is 3. The first kappa shape index (κ1) is 45.5. The third-order valence-electron chi connectivity index (χ3n) is 9.89. The van der Waals surface area contributed by atoms with Crippen LogP contribution in [0.2, 0.25) is 0 Å². The van der Waals surface area contributed by atoms with E-state index in [4.69, 9.17) is 14.6 Å². The van der Waals surface area contributed by atoms with E-state index in [2.05, 4.69) is 40.9 Å². The highest BCUT2D eigenvalue weighted by Crippen LogP contribution is 2.41. The number of aromatic nitrogens is 4. The van der Waals surface area contributed by atoms with Crippen LogP contribution in [0.1, 0.15) is 42.4 Å². The van der Waals surface area contributed by atoms with Gasteiger partial charge in [0.05, 0.1) is 37.4 Å². The Labute approximate surface area is 368 Å². The van der Waals surface area contributed by atoms with E-state index in [1.165, 1.54) is 18.3 Å². The highest BCUT2D eigenvalue weighted by molar-refractivity contribution is 7.61. The summed E-state index contributed by atoms with van der Waals surface area (Å²) in [6, 6.07) is 24.5. The lowest BCUT2D eigenvalue weighted by Crippen LogP contribution is -2.41. The number of rotatable bonds is 14. The summed E-state index contributed by atoms with van der Waals surface area (Å²) in [5.41, 5.74) is 2.51. The minimum atomic E-state index is -5.00. The SMILES string of the molecule is CC(C)(C)c1cc(NC(=O)Nc2ccc(Oc3ccnc(Nc4cc(OC(F)(F)F)cc(C(=O)NCCN5CCOCC5)c4)n3)c3ccccc23)n(-c2cccc(CP(C)(C)=O)c2)n1. The average Bonchev–Trinajstić information content (AvgIpc) is 3.65. The summed E-state index contributed by atoms with van der Waals surface area (Å²) in [6.45, 7) is 13.0. The third kappa shape index (κ3) is 12.4. The lowest BCUT2D eigenvalue weighted by atomic mass is 9.92. The second-order valence-corrected chi connectivity index (χ2v) is 20.1. The minimum Gasteiger partial charge on any atom is -0.438 e. The Kier molecular flexibility index (Phi) is 13.6. The van der Waals surface area contributed by atoms with Gasteiger partial charge >= 0.3 is 12.4 Å². The molecule has 336 valence electrons. The Morgan fingerprint density at radius 1 is 0.891 bits per heavy atom. The van der Waals surface area contributed by atoms with Gasteiger partial charge < -0.3 is 34.7 Å². The van der Waals surface area contributed by atoms with Gasteiger partial charge in [-0.05, 0) is 55.3 Å². The number of alkyl halides is 3. The van der Waals surface area contributed by atoms with E-state index in [0.29, 0.717) is 59.6 Å². The molecule has 0 radical (unpaired) electrons. The number of ether oxygens (including phenoxy) is 3. The number of nitrogens with zero attached hydrogens (tertiary/aromatic N) is 5. The molecule has 4 aromatic carbocycles. The highest BCUT2D eigenvalue weighted by atomic mass is 31.2. The fourth-order valence-electron chi connectivity index (χ4n) is 6.95. The van der Waals surface area contributed by atoms with Crippen molar-refractivity contribution in [1.82, 2.24) is 30.0 Å². The molecule has 7 rings (SSSR count). The average molecular weight is 900 g/mol. The number of carbonyl (C=O) groups is 2. The molecule has 1 aliphatic heterocycles. The van der Waals surface area contributed by atoms with Gasteiger partial charge in [-0.15, -0.1) is 13.2 Å². The van der Waals surface area contributed by atoms with Crippen molar-refractivity contribution in [2.24, 2.45) is 0 Å². The predicted octanol–water partition coefficient (Wildman–Crippen LogP) is 9.38. The van der Waals surface area contributed by atoms with Crippen molar-refractivity contribution in [2.45, 2.75) is 38.7 Å². The lowest BCUT2D eigenvalue weighted by molar-refractivity contribution is -0.274. The Hall–Kier alpha value is -6.49. The van der Waals surface area contributed by atoms with Crippen molar-refractivity contribution in [3.8, 4) is 23.1 Å². The van der Waals surface area contributed by atoms with E-state index in [1.54, 1.807) is 30.1 Å². The fourth-order valence-corrected chi connectivity index (χ4v) is 8.03. The van der Waals surface area contributed by atoms with Crippen LogP contribution in [0, 0.1) is 0 Å². The highest BCUT2D eigenvalue weighted by Gasteiger charge is 2.32. The molecule has 19 heteroatoms. The van der Waals surface area contributed by atoms with Crippen LogP contribution >= 0.6 is 7.14 Å². The van der Waals surface area contributed by atoms with Crippen LogP contribution in [0.25, 0.3) is 16.5 Å². The van der Waals surface area contributed by atoms with Gasteiger partial charge in [-0.1, -0.05) is 57.2 Å². The van der Waals surface area contributed by atoms with E-state index >= 15 is 0 Å². The Morgan fingerprint density at radius 3 is 2.39 bits per heavy atom. The van der Waals surface area contributed by atoms with E-state index in [9.17, 15) is 27.3 Å². The third-order valence-corrected chi connectivity index (χ3v) is 11.0. The standard InChI is InChI=1S/C45H49F3N9O6P/c1-44(2,3)38-27-39(57(55-38)32-10-8-9-29(23-32)28-64(4,5)60)53-43(59)52-36-13-14-37(35-12-7-6-11-34(35)36)62-40-15-16-50-42(54-40)51-31-24-30(25-33(26-31)63-45(46,47)48)41(58)49-17-18-56-19-21-61-22-20-56/h6-16,23-27H,17-22,28H2,1-5H3,(H,49,58)(H,50,51,54)(H2,52,53,59). The van der Waals surface area contributed by atoms with Gasteiger partial charge in [0.15, 0.2) is 0 Å². The van der Waals surface area contributed by atoms with Crippen LogP contribution in [0.15, 0.2) is 97.2 Å². The first-order valence-electron chi connectivity index (χ1n) is 20.5. The van der Waals surface area contributed by atoms with Crippen molar-refractivity contribution < 1.29 is 41.5 Å². The zero-order valence-electron chi connectivity index (χ0n) is 36.0. The summed E-state index contributed by atoms with van der Waals surface area (Å²) >= 11 is 0. The molecule has 4 N–H and O–H groups in total. The predicted molar refractivity (Wildman–Crippen MR) is 240 cm³/mol. The first-order chi connectivity index (χ1) is 30.3. The molecule has 0 bridgehead atoms. The van der Waals surface area contributed by atoms with Gasteiger partial charge in [-0.25, -0.2) is 14.5 Å². The lowest BCUT2D eigenvalue weighted by Gasteiger charge is -2.26. The topological polar surface area (TPSA) is 174 Å². The van der Waals surface area contributed by atoms with Gasteiger partial charge in [0.2, 0.25) is 11.8 Å². The number of anilines is 4. The number of urea groups is 1. The second-order valence-electron chi connectivity index (χ2n) is 16.7. The number of hydrogen-bond donors (Lipinski definition) is 4. The zero-order valence-corrected chi connectivity index (χ0v) is 36.8. The van der Waals surface area contributed by atoms with Crippen LogP contribution in [0.4, 0.5) is 41.1 Å². The van der Waals surface area contributed by atoms with Gasteiger partial charge in [0.25, 0.3) is 5.91 Å². The summed E-state index contributed by atoms with van der Waals surface area (Å²) in [6.07, 6.45) is -3.17. The van der Waals surface area contributed by atoms with Crippen molar-refractivity contribution in [3.05, 3.63) is 114 Å². The molecule has 15 nitrogen and oxygen atoms in total. The number of nitrogens with one attached hydrogen (secondary N) is 4. The van der Waals surface area contributed by atoms with Crippen molar-refractivity contribution in [1.29, 1.82) is 0 Å². The molecule has 1 saturated heterocycles. The molecule has 0 atom stereocenters. The molecule has 3 heterocycles. The Balaban J connectivity index is 1.07. The molecule has 0 unspecified atom stereocenters. The van der Waals surface area contributed by atoms with E-state index in [-0.39, 0.29) is 35.0 Å². The van der Waals surface area contributed by atoms with Crippen LogP contribution in [-0.4, -0.2) is 95.7 Å². The van der Waals surface area contributed by atoms with Crippen molar-refractivity contribution in [3.63, 3.8) is 0 Å². The first-order valence-corrected chi connectivity index (χ1v) is 23.2. The minimum absolute atomic E-state index is 0.0316. The van der Waals surface area contributed by atoms with E-state index < -0.39 is 31.2 Å². The van der Waals surface area contributed by atoms with Gasteiger partial charge in [0, 0.05) is 84.2 Å². The molecule has 64 heavy (non-hydrogen) atoms. The van der Waals surface area contributed by atoms with Gasteiger partial charge in [-0.3, -0.25) is 15.0 Å². The largest absolute Gasteiger partial charge is 0.573 e. The fraction of sp³-hybridized carbons (Fsp3) is 0.311. The number of carbonyl (C=O) groups excluding carboxylic acids is 2. The molecule has 0 aliphatic carbocycles. The van der Waals surface area contributed by atoms with Gasteiger partial charge in [-0.2, -0.15) is 10.1 Å². The summed E-state index contributed by atoms with van der Waals surface area (Å²) in [4.78, 5) is 37.5. The molecular formula is C45H49F3N9O6P. The maximum atomic E-state index is 13.7. The number of benzene rings is 4. The van der Waals surface area contributed by atoms with Crippen molar-refractivity contribution in [2.75, 3.05) is 68.7 Å². The molecule has 1 fully saturated rings. The zero-order chi connectivity index (χ0) is 45.6.